The molecule has 1 aromatic heterocycles. The molecule has 0 amide bonds. The molecule has 0 spiro atoms. The quantitative estimate of drug-likeness (QED) is 0.691. The molecule has 6 nitrogen and oxygen atoms in total. The third-order valence-corrected chi connectivity index (χ3v) is 3.76. The van der Waals surface area contributed by atoms with Crippen molar-refractivity contribution in [3.05, 3.63) is 71.0 Å². The number of aryl methyl sites for hydroxylation is 2. The molecule has 2 aromatic carbocycles. The number of hydrogen-bond donors (Lipinski definition) is 0. The molecular weight excluding hydrogens is 302 g/mol. The van der Waals surface area contributed by atoms with E-state index in [0.717, 1.165) is 11.1 Å². The Kier molecular flexibility index (Phi) is 4.17. The summed E-state index contributed by atoms with van der Waals surface area (Å²) < 4.78 is 1.43. The highest BCUT2D eigenvalue weighted by atomic mass is 16.1. The molecular formula is C18H15N5O. The number of hydrogen-bond acceptors (Lipinski definition) is 5. The van der Waals surface area contributed by atoms with Crippen LogP contribution in [-0.2, 0) is 0 Å². The fourth-order valence-corrected chi connectivity index (χ4v) is 2.36. The van der Waals surface area contributed by atoms with E-state index in [4.69, 9.17) is 0 Å². The van der Waals surface area contributed by atoms with E-state index in [-0.39, 0.29) is 11.6 Å². The van der Waals surface area contributed by atoms with Crippen molar-refractivity contribution in [2.24, 2.45) is 0 Å². The molecule has 0 fully saturated rings. The second-order valence-corrected chi connectivity index (χ2v) is 5.58. The van der Waals surface area contributed by atoms with E-state index in [0.29, 0.717) is 11.3 Å². The summed E-state index contributed by atoms with van der Waals surface area (Å²) in [6, 6.07) is 16.7. The number of rotatable bonds is 4. The van der Waals surface area contributed by atoms with Crippen LogP contribution in [0.25, 0.3) is 5.69 Å². The third kappa shape index (κ3) is 2.92. The molecule has 0 aliphatic rings. The molecule has 0 radical (unpaired) electrons. The van der Waals surface area contributed by atoms with Gasteiger partial charge >= 0.3 is 0 Å². The molecule has 0 aliphatic heterocycles. The summed E-state index contributed by atoms with van der Waals surface area (Å²) in [5.74, 6) is -1.17. The fraction of sp³-hybridized carbons (Fsp3) is 0.167. The Bertz CT molecular complexity index is 904. The first-order valence-electron chi connectivity index (χ1n) is 7.46. The van der Waals surface area contributed by atoms with E-state index in [2.05, 4.69) is 15.5 Å². The van der Waals surface area contributed by atoms with E-state index in [1.54, 1.807) is 12.1 Å². The lowest BCUT2D eigenvalue weighted by Crippen LogP contribution is -2.16. The van der Waals surface area contributed by atoms with Crippen LogP contribution in [0.2, 0.25) is 0 Å². The van der Waals surface area contributed by atoms with Gasteiger partial charge in [0, 0.05) is 5.56 Å². The van der Waals surface area contributed by atoms with Crippen molar-refractivity contribution in [3.8, 4) is 11.8 Å². The van der Waals surface area contributed by atoms with Crippen LogP contribution >= 0.6 is 0 Å². The summed E-state index contributed by atoms with van der Waals surface area (Å²) in [7, 11) is 0. The van der Waals surface area contributed by atoms with Gasteiger partial charge < -0.3 is 0 Å². The van der Waals surface area contributed by atoms with Crippen molar-refractivity contribution in [1.82, 2.24) is 20.2 Å². The van der Waals surface area contributed by atoms with Crippen molar-refractivity contribution in [2.45, 2.75) is 19.8 Å². The molecule has 0 saturated carbocycles. The minimum Gasteiger partial charge on any atom is -0.292 e. The van der Waals surface area contributed by atoms with Crippen LogP contribution in [0.15, 0.2) is 48.5 Å². The van der Waals surface area contributed by atoms with Crippen LogP contribution in [0.4, 0.5) is 0 Å². The molecule has 1 heterocycles. The molecule has 6 heteroatoms. The first kappa shape index (κ1) is 15.6. The minimum absolute atomic E-state index is 0.215. The van der Waals surface area contributed by atoms with Crippen molar-refractivity contribution in [1.29, 1.82) is 5.26 Å². The van der Waals surface area contributed by atoms with Crippen LogP contribution < -0.4 is 0 Å². The first-order valence-corrected chi connectivity index (χ1v) is 7.46. The van der Waals surface area contributed by atoms with Crippen LogP contribution in [0.3, 0.4) is 0 Å². The second-order valence-electron chi connectivity index (χ2n) is 5.58. The number of ketones is 1. The molecule has 1 atom stereocenters. The summed E-state index contributed by atoms with van der Waals surface area (Å²) in [5.41, 5.74) is 3.31. The molecule has 118 valence electrons. The number of nitrogens with zero attached hydrogens (tertiary/aromatic N) is 5. The molecule has 3 rings (SSSR count). The van der Waals surface area contributed by atoms with E-state index in [9.17, 15) is 10.1 Å². The lowest BCUT2D eigenvalue weighted by Gasteiger charge is -2.09. The van der Waals surface area contributed by atoms with Gasteiger partial charge in [-0.15, -0.1) is 5.10 Å². The van der Waals surface area contributed by atoms with Gasteiger partial charge in [-0.05, 0) is 36.4 Å². The first-order chi connectivity index (χ1) is 11.6. The third-order valence-electron chi connectivity index (χ3n) is 3.76. The molecule has 0 aliphatic carbocycles. The molecule has 0 saturated heterocycles. The lowest BCUT2D eigenvalue weighted by molar-refractivity contribution is 0.0975. The summed E-state index contributed by atoms with van der Waals surface area (Å²) >= 11 is 0. The largest absolute Gasteiger partial charge is 0.292 e. The Morgan fingerprint density at radius 2 is 1.62 bits per heavy atom. The van der Waals surface area contributed by atoms with Gasteiger partial charge in [-0.1, -0.05) is 47.5 Å². The average Bonchev–Trinajstić information content (AvgIpc) is 3.06. The van der Waals surface area contributed by atoms with Crippen LogP contribution in [0.5, 0.6) is 0 Å². The zero-order chi connectivity index (χ0) is 17.1. The number of Topliss-reactive ketones (excluding diaryl/α,β-unsaturated/α-hetero) is 1. The molecule has 0 bridgehead atoms. The minimum atomic E-state index is -1.07. The summed E-state index contributed by atoms with van der Waals surface area (Å²) in [5, 5.41) is 21.0. The van der Waals surface area contributed by atoms with Gasteiger partial charge in [-0.2, -0.15) is 9.94 Å². The maximum atomic E-state index is 12.7. The standard InChI is InChI=1S/C18H15N5O/c1-12-3-7-14(8-4-12)17(24)16(11-19)18-20-21-22-23(18)15-9-5-13(2)6-10-15/h3-10,16H,1-2H3/t16-/m0/s1. The van der Waals surface area contributed by atoms with Crippen molar-refractivity contribution in [2.75, 3.05) is 0 Å². The smallest absolute Gasteiger partial charge is 0.187 e. The van der Waals surface area contributed by atoms with Gasteiger partial charge in [-0.3, -0.25) is 4.79 Å². The maximum Gasteiger partial charge on any atom is 0.187 e. The number of carbonyl (C=O) groups excluding carboxylic acids is 1. The SMILES string of the molecule is Cc1ccc(C(=O)[C@H](C#N)c2nnnn2-c2ccc(C)cc2)cc1. The van der Waals surface area contributed by atoms with Gasteiger partial charge in [0.1, 0.15) is 0 Å². The summed E-state index contributed by atoms with van der Waals surface area (Å²) in [6.45, 7) is 3.91. The number of tetrazole rings is 1. The van der Waals surface area contributed by atoms with E-state index < -0.39 is 5.92 Å². The zero-order valence-electron chi connectivity index (χ0n) is 13.3. The number of nitriles is 1. The highest BCUT2D eigenvalue weighted by Gasteiger charge is 2.28. The van der Waals surface area contributed by atoms with Crippen molar-refractivity contribution < 1.29 is 4.79 Å². The van der Waals surface area contributed by atoms with E-state index in [1.807, 2.05) is 56.3 Å². The maximum absolute atomic E-state index is 12.7. The van der Waals surface area contributed by atoms with Gasteiger partial charge in [-0.25, -0.2) is 0 Å². The summed E-state index contributed by atoms with van der Waals surface area (Å²) in [6.07, 6.45) is 0. The molecule has 3 aromatic rings. The molecule has 0 unspecified atom stereocenters. The van der Waals surface area contributed by atoms with E-state index >= 15 is 0 Å². The molecule has 24 heavy (non-hydrogen) atoms. The summed E-state index contributed by atoms with van der Waals surface area (Å²) in [4.78, 5) is 12.7. The number of aromatic nitrogens is 4. The van der Waals surface area contributed by atoms with Crippen molar-refractivity contribution >= 4 is 5.78 Å². The van der Waals surface area contributed by atoms with Crippen molar-refractivity contribution in [3.63, 3.8) is 0 Å². The molecule has 0 N–H and O–H groups in total. The van der Waals surface area contributed by atoms with Gasteiger partial charge in [0.05, 0.1) is 11.8 Å². The Morgan fingerprint density at radius 1 is 1.04 bits per heavy atom. The lowest BCUT2D eigenvalue weighted by atomic mass is 9.97. The second kappa shape index (κ2) is 6.42. The van der Waals surface area contributed by atoms with Gasteiger partial charge in [0.25, 0.3) is 0 Å². The topological polar surface area (TPSA) is 84.5 Å². The van der Waals surface area contributed by atoms with Gasteiger partial charge in [0.15, 0.2) is 17.5 Å². The Labute approximate surface area is 139 Å². The monoisotopic (exact) mass is 317 g/mol. The Balaban J connectivity index is 1.99. The predicted octanol–water partition coefficient (Wildman–Crippen LogP) is 2.77. The van der Waals surface area contributed by atoms with Crippen LogP contribution in [0.1, 0.15) is 33.2 Å². The number of benzene rings is 2. The van der Waals surface area contributed by atoms with Crippen LogP contribution in [0, 0.1) is 25.2 Å². The fourth-order valence-electron chi connectivity index (χ4n) is 2.36. The highest BCUT2D eigenvalue weighted by Crippen LogP contribution is 2.21. The Morgan fingerprint density at radius 3 is 2.21 bits per heavy atom. The Hall–Kier alpha value is -3.33. The van der Waals surface area contributed by atoms with Crippen LogP contribution in [-0.4, -0.2) is 26.0 Å². The van der Waals surface area contributed by atoms with E-state index in [1.165, 1.54) is 4.68 Å². The highest BCUT2D eigenvalue weighted by molar-refractivity contribution is 6.02. The zero-order valence-corrected chi connectivity index (χ0v) is 13.3. The average molecular weight is 317 g/mol. The number of carbonyl (C=O) groups is 1. The predicted molar refractivity (Wildman–Crippen MR) is 87.8 cm³/mol. The normalized spacial score (nSPS) is 11.7. The van der Waals surface area contributed by atoms with Gasteiger partial charge in [0.2, 0.25) is 0 Å².